The zero-order chi connectivity index (χ0) is 15.8. The Morgan fingerprint density at radius 2 is 1.95 bits per heavy atom. The molecule has 0 aliphatic heterocycles. The highest BCUT2D eigenvalue weighted by molar-refractivity contribution is 6.43. The second-order valence-corrected chi connectivity index (χ2v) is 4.87. The molecule has 0 fully saturated rings. The monoisotopic (exact) mass is 343 g/mol. The molecule has 0 radical (unpaired) electrons. The first-order chi connectivity index (χ1) is 9.72. The minimum atomic E-state index is -4.27. The van der Waals surface area contributed by atoms with Crippen molar-refractivity contribution in [3.8, 4) is 11.4 Å². The van der Waals surface area contributed by atoms with Crippen LogP contribution < -0.4 is 5.73 Å². The maximum atomic E-state index is 13.1. The van der Waals surface area contributed by atoms with E-state index in [0.717, 1.165) is 0 Å². The van der Waals surface area contributed by atoms with Gasteiger partial charge in [-0.15, -0.1) is 5.10 Å². The van der Waals surface area contributed by atoms with Crippen LogP contribution in [0.15, 0.2) is 12.1 Å². The van der Waals surface area contributed by atoms with Crippen LogP contribution in [0.5, 0.6) is 0 Å². The van der Waals surface area contributed by atoms with E-state index in [1.54, 1.807) is 0 Å². The van der Waals surface area contributed by atoms with Crippen LogP contribution in [0, 0.1) is 0 Å². The molecule has 0 aliphatic carbocycles. The Kier molecular flexibility index (Phi) is 4.24. The molecule has 2 rings (SSSR count). The van der Waals surface area contributed by atoms with Crippen LogP contribution in [0.4, 0.5) is 23.2 Å². The molecule has 0 atom stereocenters. The second-order valence-electron chi connectivity index (χ2n) is 4.08. The van der Waals surface area contributed by atoms with E-state index in [9.17, 15) is 17.6 Å². The van der Waals surface area contributed by atoms with Gasteiger partial charge in [-0.1, -0.05) is 23.2 Å². The van der Waals surface area contributed by atoms with Crippen LogP contribution >= 0.6 is 23.2 Å². The molecule has 0 unspecified atom stereocenters. The van der Waals surface area contributed by atoms with Gasteiger partial charge >= 0.3 is 12.3 Å². The Morgan fingerprint density at radius 1 is 1.29 bits per heavy atom. The number of nitrogens with zero attached hydrogens (tertiary/aromatic N) is 4. The zero-order valence-electron chi connectivity index (χ0n) is 10.1. The van der Waals surface area contributed by atoms with Crippen molar-refractivity contribution < 1.29 is 17.6 Å². The first-order valence-electron chi connectivity index (χ1n) is 5.39. The van der Waals surface area contributed by atoms with Crippen molar-refractivity contribution in [2.45, 2.75) is 18.9 Å². The van der Waals surface area contributed by atoms with E-state index in [1.807, 2.05) is 0 Å². The Hall–Kier alpha value is -1.61. The van der Waals surface area contributed by atoms with Crippen molar-refractivity contribution in [3.63, 3.8) is 0 Å². The number of hydrogen-bond donors (Lipinski definition) is 1. The van der Waals surface area contributed by atoms with Gasteiger partial charge in [0.25, 0.3) is 0 Å². The van der Waals surface area contributed by atoms with Gasteiger partial charge in [0.15, 0.2) is 5.82 Å². The SMILES string of the molecule is Nc1cc(-c2nnnn2CC(F)(F)C(F)F)cc(Cl)c1Cl. The average Bonchev–Trinajstić information content (AvgIpc) is 2.82. The number of anilines is 1. The topological polar surface area (TPSA) is 69.6 Å². The number of alkyl halides is 4. The first kappa shape index (κ1) is 15.8. The van der Waals surface area contributed by atoms with E-state index >= 15 is 0 Å². The molecule has 5 nitrogen and oxygen atoms in total. The molecule has 0 aliphatic rings. The number of tetrazole rings is 1. The third kappa shape index (κ3) is 3.18. The highest BCUT2D eigenvalue weighted by atomic mass is 35.5. The Labute approximate surface area is 125 Å². The summed E-state index contributed by atoms with van der Waals surface area (Å²) >= 11 is 11.6. The van der Waals surface area contributed by atoms with Crippen LogP contribution in [0.1, 0.15) is 0 Å². The Morgan fingerprint density at radius 3 is 2.52 bits per heavy atom. The number of nitrogens with two attached hydrogens (primary N) is 1. The fourth-order valence-corrected chi connectivity index (χ4v) is 1.86. The Balaban J connectivity index is 2.42. The molecule has 0 spiro atoms. The lowest BCUT2D eigenvalue weighted by atomic mass is 10.2. The largest absolute Gasteiger partial charge is 0.397 e. The van der Waals surface area contributed by atoms with Gasteiger partial charge < -0.3 is 5.73 Å². The molecule has 1 heterocycles. The molecule has 1 aromatic heterocycles. The van der Waals surface area contributed by atoms with Crippen LogP contribution in [0.2, 0.25) is 10.0 Å². The van der Waals surface area contributed by atoms with Gasteiger partial charge in [-0.2, -0.15) is 8.78 Å². The fraction of sp³-hybridized carbons (Fsp3) is 0.300. The lowest BCUT2D eigenvalue weighted by molar-refractivity contribution is -0.139. The summed E-state index contributed by atoms with van der Waals surface area (Å²) in [5.41, 5.74) is 5.85. The normalized spacial score (nSPS) is 12.1. The van der Waals surface area contributed by atoms with Gasteiger partial charge in [-0.3, -0.25) is 0 Å². The van der Waals surface area contributed by atoms with E-state index in [1.165, 1.54) is 12.1 Å². The minimum absolute atomic E-state index is 0.0573. The first-order valence-corrected chi connectivity index (χ1v) is 6.15. The highest BCUT2D eigenvalue weighted by Crippen LogP contribution is 2.33. The van der Waals surface area contributed by atoms with Gasteiger partial charge in [0.1, 0.15) is 6.54 Å². The summed E-state index contributed by atoms with van der Waals surface area (Å²) in [4.78, 5) is 0. The van der Waals surface area contributed by atoms with E-state index < -0.39 is 18.9 Å². The number of nitrogen functional groups attached to an aromatic ring is 1. The van der Waals surface area contributed by atoms with Crippen molar-refractivity contribution in [1.29, 1.82) is 0 Å². The molecule has 0 saturated heterocycles. The van der Waals surface area contributed by atoms with Gasteiger partial charge in [-0.25, -0.2) is 13.5 Å². The molecular formula is C10H7Cl2F4N5. The standard InChI is InChI=1S/C10H7Cl2F4N5/c11-5-1-4(2-6(17)7(5)12)8-18-19-20-21(8)3-10(15,16)9(13)14/h1-2,9H,3,17H2. The summed E-state index contributed by atoms with van der Waals surface area (Å²) in [6, 6.07) is 2.60. The molecule has 11 heteroatoms. The number of halogens is 6. The lowest BCUT2D eigenvalue weighted by Gasteiger charge is -2.15. The van der Waals surface area contributed by atoms with Crippen molar-refractivity contribution in [1.82, 2.24) is 20.2 Å². The predicted octanol–water partition coefficient (Wildman–Crippen LogP) is 3.13. The molecule has 0 bridgehead atoms. The lowest BCUT2D eigenvalue weighted by Crippen LogP contribution is -2.32. The van der Waals surface area contributed by atoms with E-state index in [-0.39, 0.29) is 27.1 Å². The van der Waals surface area contributed by atoms with Gasteiger partial charge in [0.2, 0.25) is 0 Å². The van der Waals surface area contributed by atoms with Gasteiger partial charge in [-0.05, 0) is 22.6 Å². The molecule has 2 aromatic rings. The van der Waals surface area contributed by atoms with Crippen molar-refractivity contribution in [2.24, 2.45) is 0 Å². The molecule has 114 valence electrons. The highest BCUT2D eigenvalue weighted by Gasteiger charge is 2.42. The molecule has 0 saturated carbocycles. The third-order valence-corrected chi connectivity index (χ3v) is 3.34. The average molecular weight is 344 g/mol. The van der Waals surface area contributed by atoms with Crippen molar-refractivity contribution >= 4 is 28.9 Å². The molecular weight excluding hydrogens is 337 g/mol. The zero-order valence-corrected chi connectivity index (χ0v) is 11.6. The van der Waals surface area contributed by atoms with Crippen LogP contribution in [0.25, 0.3) is 11.4 Å². The van der Waals surface area contributed by atoms with Crippen LogP contribution in [-0.2, 0) is 6.54 Å². The van der Waals surface area contributed by atoms with E-state index in [2.05, 4.69) is 15.5 Å². The Bertz CT molecular complexity index is 638. The van der Waals surface area contributed by atoms with E-state index in [0.29, 0.717) is 4.68 Å². The molecule has 21 heavy (non-hydrogen) atoms. The quantitative estimate of drug-likeness (QED) is 0.683. The van der Waals surface area contributed by atoms with Crippen LogP contribution in [0.3, 0.4) is 0 Å². The maximum Gasteiger partial charge on any atom is 0.326 e. The molecule has 1 aromatic carbocycles. The summed E-state index contributed by atoms with van der Waals surface area (Å²) in [6.45, 7) is -1.38. The summed E-state index contributed by atoms with van der Waals surface area (Å²) in [7, 11) is 0. The number of benzene rings is 1. The van der Waals surface area contributed by atoms with Crippen molar-refractivity contribution in [3.05, 3.63) is 22.2 Å². The summed E-state index contributed by atoms with van der Waals surface area (Å²) < 4.78 is 51.2. The summed E-state index contributed by atoms with van der Waals surface area (Å²) in [5.74, 6) is -4.45. The fourth-order valence-electron chi connectivity index (χ4n) is 1.53. The van der Waals surface area contributed by atoms with Crippen molar-refractivity contribution in [2.75, 3.05) is 5.73 Å². The number of rotatable bonds is 4. The number of aromatic nitrogens is 4. The molecule has 0 amide bonds. The maximum absolute atomic E-state index is 13.1. The van der Waals surface area contributed by atoms with Gasteiger partial charge in [0.05, 0.1) is 15.7 Å². The third-order valence-electron chi connectivity index (χ3n) is 2.53. The number of hydrogen-bond acceptors (Lipinski definition) is 4. The summed E-state index contributed by atoms with van der Waals surface area (Å²) in [6.07, 6.45) is -3.84. The predicted molar refractivity (Wildman–Crippen MR) is 68.6 cm³/mol. The van der Waals surface area contributed by atoms with Gasteiger partial charge in [0, 0.05) is 5.56 Å². The molecule has 2 N–H and O–H groups in total. The second kappa shape index (κ2) is 5.64. The van der Waals surface area contributed by atoms with E-state index in [4.69, 9.17) is 28.9 Å². The minimum Gasteiger partial charge on any atom is -0.397 e. The van der Waals surface area contributed by atoms with Crippen LogP contribution in [-0.4, -0.2) is 32.6 Å². The smallest absolute Gasteiger partial charge is 0.326 e. The summed E-state index contributed by atoms with van der Waals surface area (Å²) in [5, 5.41) is 10.1.